The Labute approximate surface area is 143 Å². The Bertz CT molecular complexity index is 785. The third-order valence-electron chi connectivity index (χ3n) is 4.59. The number of aryl methyl sites for hydroxylation is 1. The summed E-state index contributed by atoms with van der Waals surface area (Å²) in [4.78, 5) is 0.155. The predicted molar refractivity (Wildman–Crippen MR) is 92.7 cm³/mol. The second-order valence-corrected chi connectivity index (χ2v) is 8.24. The van der Waals surface area contributed by atoms with Gasteiger partial charge in [-0.15, -0.1) is 0 Å². The van der Waals surface area contributed by atoms with Gasteiger partial charge in [0.2, 0.25) is 10.0 Å². The van der Waals surface area contributed by atoms with Gasteiger partial charge in [0.15, 0.2) is 0 Å². The molecule has 1 aliphatic rings. The Morgan fingerprint density at radius 1 is 0.958 bits per heavy atom. The van der Waals surface area contributed by atoms with E-state index in [-0.39, 0.29) is 10.9 Å². The minimum Gasteiger partial charge on any atom is -0.207 e. The summed E-state index contributed by atoms with van der Waals surface area (Å²) in [5.74, 6) is -0.431. The molecule has 0 N–H and O–H groups in total. The standard InChI is InChI=1S/C19H22FNO2S/c1-15-6-8-16(9-7-15)19-5-3-2-4-14-21(19)24(22,23)18-12-10-17(20)11-13-18/h6-13,19H,2-5,14H2,1H3. The van der Waals surface area contributed by atoms with Crippen LogP contribution in [-0.4, -0.2) is 19.3 Å². The second-order valence-electron chi connectivity index (χ2n) is 6.35. The van der Waals surface area contributed by atoms with Crippen molar-refractivity contribution in [3.05, 3.63) is 65.5 Å². The fourth-order valence-electron chi connectivity index (χ4n) is 3.23. The van der Waals surface area contributed by atoms with E-state index in [9.17, 15) is 12.8 Å². The molecule has 3 rings (SSSR count). The van der Waals surface area contributed by atoms with Crippen molar-refractivity contribution in [2.24, 2.45) is 0 Å². The number of halogens is 1. The van der Waals surface area contributed by atoms with Crippen LogP contribution in [0.4, 0.5) is 4.39 Å². The van der Waals surface area contributed by atoms with Crippen molar-refractivity contribution in [3.63, 3.8) is 0 Å². The molecule has 1 atom stereocenters. The highest BCUT2D eigenvalue weighted by Crippen LogP contribution is 2.34. The smallest absolute Gasteiger partial charge is 0.207 e. The number of nitrogens with zero attached hydrogens (tertiary/aromatic N) is 1. The van der Waals surface area contributed by atoms with Crippen molar-refractivity contribution in [1.82, 2.24) is 4.31 Å². The van der Waals surface area contributed by atoms with E-state index in [0.29, 0.717) is 6.54 Å². The first kappa shape index (κ1) is 17.1. The largest absolute Gasteiger partial charge is 0.243 e. The maximum Gasteiger partial charge on any atom is 0.243 e. The summed E-state index contributed by atoms with van der Waals surface area (Å²) in [6.07, 6.45) is 3.69. The summed E-state index contributed by atoms with van der Waals surface area (Å²) in [5.41, 5.74) is 2.17. The zero-order valence-electron chi connectivity index (χ0n) is 13.8. The van der Waals surface area contributed by atoms with E-state index in [2.05, 4.69) is 0 Å². The highest BCUT2D eigenvalue weighted by molar-refractivity contribution is 7.89. The fourth-order valence-corrected chi connectivity index (χ4v) is 4.92. The number of benzene rings is 2. The van der Waals surface area contributed by atoms with Crippen LogP contribution < -0.4 is 0 Å². The van der Waals surface area contributed by atoms with E-state index in [1.165, 1.54) is 24.3 Å². The third-order valence-corrected chi connectivity index (χ3v) is 6.51. The lowest BCUT2D eigenvalue weighted by Gasteiger charge is -2.29. The quantitative estimate of drug-likeness (QED) is 0.823. The summed E-state index contributed by atoms with van der Waals surface area (Å²) in [6.45, 7) is 2.52. The highest BCUT2D eigenvalue weighted by atomic mass is 32.2. The molecule has 5 heteroatoms. The maximum absolute atomic E-state index is 13.2. The fraction of sp³-hybridized carbons (Fsp3) is 0.368. The van der Waals surface area contributed by atoms with Crippen LogP contribution in [0.25, 0.3) is 0 Å². The SMILES string of the molecule is Cc1ccc(C2CCCCCN2S(=O)(=O)c2ccc(F)cc2)cc1. The summed E-state index contributed by atoms with van der Waals surface area (Å²) in [6, 6.07) is 13.0. The van der Waals surface area contributed by atoms with Crippen LogP contribution in [0.1, 0.15) is 42.9 Å². The lowest BCUT2D eigenvalue weighted by atomic mass is 10.0. The van der Waals surface area contributed by atoms with Crippen molar-refractivity contribution in [1.29, 1.82) is 0 Å². The average molecular weight is 347 g/mol. The zero-order valence-corrected chi connectivity index (χ0v) is 14.6. The van der Waals surface area contributed by atoms with Crippen molar-refractivity contribution in [2.45, 2.75) is 43.5 Å². The number of hydrogen-bond donors (Lipinski definition) is 0. The topological polar surface area (TPSA) is 37.4 Å². The molecule has 1 saturated heterocycles. The van der Waals surface area contributed by atoms with Gasteiger partial charge in [-0.1, -0.05) is 42.7 Å². The van der Waals surface area contributed by atoms with Gasteiger partial charge in [0, 0.05) is 6.54 Å². The number of hydrogen-bond acceptors (Lipinski definition) is 2. The Hall–Kier alpha value is -1.72. The van der Waals surface area contributed by atoms with Gasteiger partial charge in [-0.3, -0.25) is 0 Å². The molecular weight excluding hydrogens is 325 g/mol. The van der Waals surface area contributed by atoms with Crippen molar-refractivity contribution in [2.75, 3.05) is 6.54 Å². The summed E-state index contributed by atoms with van der Waals surface area (Å²) in [5, 5.41) is 0. The molecule has 2 aromatic rings. The lowest BCUT2D eigenvalue weighted by Crippen LogP contribution is -2.34. The van der Waals surface area contributed by atoms with Crippen LogP contribution in [0.3, 0.4) is 0 Å². The van der Waals surface area contributed by atoms with Crippen LogP contribution in [0.5, 0.6) is 0 Å². The Morgan fingerprint density at radius 3 is 2.29 bits per heavy atom. The van der Waals surface area contributed by atoms with Gasteiger partial charge < -0.3 is 0 Å². The van der Waals surface area contributed by atoms with E-state index in [1.807, 2.05) is 31.2 Å². The molecule has 1 aliphatic heterocycles. The summed E-state index contributed by atoms with van der Waals surface area (Å²) < 4.78 is 41.0. The molecule has 1 unspecified atom stereocenters. The van der Waals surface area contributed by atoms with Gasteiger partial charge in [-0.25, -0.2) is 12.8 Å². The minimum atomic E-state index is -3.64. The average Bonchev–Trinajstić information content (AvgIpc) is 2.82. The van der Waals surface area contributed by atoms with Gasteiger partial charge in [0.1, 0.15) is 5.82 Å². The molecule has 0 aromatic heterocycles. The molecule has 0 bridgehead atoms. The Balaban J connectivity index is 2.00. The van der Waals surface area contributed by atoms with Crippen molar-refractivity contribution in [3.8, 4) is 0 Å². The second kappa shape index (κ2) is 7.03. The van der Waals surface area contributed by atoms with Gasteiger partial charge in [0.05, 0.1) is 10.9 Å². The highest BCUT2D eigenvalue weighted by Gasteiger charge is 2.33. The van der Waals surface area contributed by atoms with Gasteiger partial charge in [-0.2, -0.15) is 4.31 Å². The summed E-state index contributed by atoms with van der Waals surface area (Å²) in [7, 11) is -3.64. The molecule has 1 fully saturated rings. The molecule has 1 heterocycles. The Kier molecular flexibility index (Phi) is 5.01. The molecule has 0 amide bonds. The first-order valence-electron chi connectivity index (χ1n) is 8.32. The van der Waals surface area contributed by atoms with Gasteiger partial charge in [0.25, 0.3) is 0 Å². The molecule has 2 aromatic carbocycles. The maximum atomic E-state index is 13.2. The first-order valence-corrected chi connectivity index (χ1v) is 9.76. The van der Waals surface area contributed by atoms with Gasteiger partial charge >= 0.3 is 0 Å². The molecule has 0 spiro atoms. The predicted octanol–water partition coefficient (Wildman–Crippen LogP) is 4.44. The summed E-state index contributed by atoms with van der Waals surface area (Å²) >= 11 is 0. The number of sulfonamides is 1. The first-order chi connectivity index (χ1) is 11.5. The third kappa shape index (κ3) is 3.52. The molecule has 0 radical (unpaired) electrons. The van der Waals surface area contributed by atoms with Crippen LogP contribution in [0.2, 0.25) is 0 Å². The van der Waals surface area contributed by atoms with E-state index in [1.54, 1.807) is 4.31 Å². The van der Waals surface area contributed by atoms with Crippen LogP contribution in [-0.2, 0) is 10.0 Å². The molecule has 0 aliphatic carbocycles. The zero-order chi connectivity index (χ0) is 17.2. The molecule has 128 valence electrons. The van der Waals surface area contributed by atoms with Gasteiger partial charge in [-0.05, 0) is 49.6 Å². The van der Waals surface area contributed by atoms with E-state index >= 15 is 0 Å². The van der Waals surface area contributed by atoms with Crippen LogP contribution >= 0.6 is 0 Å². The van der Waals surface area contributed by atoms with E-state index < -0.39 is 15.8 Å². The lowest BCUT2D eigenvalue weighted by molar-refractivity contribution is 0.329. The van der Waals surface area contributed by atoms with Crippen LogP contribution in [0, 0.1) is 12.7 Å². The minimum absolute atomic E-state index is 0.155. The molecule has 0 saturated carbocycles. The normalized spacial score (nSPS) is 19.8. The molecular formula is C19H22FNO2S. The monoisotopic (exact) mass is 347 g/mol. The number of rotatable bonds is 3. The van der Waals surface area contributed by atoms with E-state index in [0.717, 1.165) is 36.8 Å². The van der Waals surface area contributed by atoms with Crippen LogP contribution in [0.15, 0.2) is 53.4 Å². The van der Waals surface area contributed by atoms with Crippen molar-refractivity contribution < 1.29 is 12.8 Å². The van der Waals surface area contributed by atoms with E-state index in [4.69, 9.17) is 0 Å². The molecule has 3 nitrogen and oxygen atoms in total. The Morgan fingerprint density at radius 2 is 1.62 bits per heavy atom. The molecule has 24 heavy (non-hydrogen) atoms. The van der Waals surface area contributed by atoms with Crippen molar-refractivity contribution >= 4 is 10.0 Å².